The number of hydrogen-bond donors (Lipinski definition) is 1. The Morgan fingerprint density at radius 3 is 2.37 bits per heavy atom. The molecular formula is C15H16F2N2. The van der Waals surface area contributed by atoms with Crippen molar-refractivity contribution in [3.05, 3.63) is 65.5 Å². The fraction of sp³-hybridized carbons (Fsp3) is 0.267. The first-order valence-electron chi connectivity index (χ1n) is 6.10. The third-order valence-corrected chi connectivity index (χ3v) is 3.33. The molecule has 2 aromatic rings. The minimum Gasteiger partial charge on any atom is -0.330 e. The van der Waals surface area contributed by atoms with Gasteiger partial charge in [0.25, 0.3) is 0 Å². The van der Waals surface area contributed by atoms with E-state index in [1.165, 1.54) is 18.2 Å². The van der Waals surface area contributed by atoms with E-state index in [-0.39, 0.29) is 12.1 Å². The van der Waals surface area contributed by atoms with Crippen LogP contribution in [0.3, 0.4) is 0 Å². The van der Waals surface area contributed by atoms with Crippen LogP contribution in [0, 0.1) is 11.6 Å². The first kappa shape index (κ1) is 13.6. The molecule has 1 heterocycles. The fourth-order valence-corrected chi connectivity index (χ4v) is 2.29. The number of hydrogen-bond acceptors (Lipinski definition) is 2. The van der Waals surface area contributed by atoms with Crippen LogP contribution >= 0.6 is 0 Å². The van der Waals surface area contributed by atoms with Crippen molar-refractivity contribution >= 4 is 0 Å². The Balaban J connectivity index is 2.43. The Kier molecular flexibility index (Phi) is 3.90. The summed E-state index contributed by atoms with van der Waals surface area (Å²) in [7, 11) is 0. The molecule has 0 spiro atoms. The summed E-state index contributed by atoms with van der Waals surface area (Å²) in [5, 5.41) is 0. The molecule has 0 bridgehead atoms. The van der Waals surface area contributed by atoms with Gasteiger partial charge in [-0.25, -0.2) is 8.78 Å². The summed E-state index contributed by atoms with van der Waals surface area (Å²) in [4.78, 5) is 4.01. The summed E-state index contributed by atoms with van der Waals surface area (Å²) in [5.41, 5.74) is 5.92. The van der Waals surface area contributed by atoms with Gasteiger partial charge in [-0.2, -0.15) is 0 Å². The molecule has 1 aromatic heterocycles. The van der Waals surface area contributed by atoms with Gasteiger partial charge in [0, 0.05) is 29.9 Å². The molecule has 0 aliphatic carbocycles. The van der Waals surface area contributed by atoms with Crippen LogP contribution in [0.4, 0.5) is 8.78 Å². The van der Waals surface area contributed by atoms with Gasteiger partial charge in [0.2, 0.25) is 0 Å². The summed E-state index contributed by atoms with van der Waals surface area (Å²) in [5.74, 6) is -1.12. The number of benzene rings is 1. The average molecular weight is 262 g/mol. The van der Waals surface area contributed by atoms with E-state index in [2.05, 4.69) is 4.98 Å². The molecule has 2 N–H and O–H groups in total. The van der Waals surface area contributed by atoms with Crippen LogP contribution in [-0.4, -0.2) is 11.5 Å². The normalized spacial score (nSPS) is 14.1. The maximum absolute atomic E-state index is 13.9. The smallest absolute Gasteiger partial charge is 0.129 e. The summed E-state index contributed by atoms with van der Waals surface area (Å²) < 4.78 is 27.8. The predicted octanol–water partition coefficient (Wildman–Crippen LogP) is 2.82. The summed E-state index contributed by atoms with van der Waals surface area (Å²) >= 11 is 0. The van der Waals surface area contributed by atoms with Gasteiger partial charge in [-0.1, -0.05) is 19.1 Å². The topological polar surface area (TPSA) is 38.9 Å². The van der Waals surface area contributed by atoms with Crippen LogP contribution in [0.1, 0.15) is 18.1 Å². The standard InChI is InChI=1S/C15H16F2N2/c1-15(10-18,8-11-4-3-7-19-9-11)14-12(16)5-2-6-13(14)17/h2-7,9H,8,10,18H2,1H3. The van der Waals surface area contributed by atoms with Crippen molar-refractivity contribution < 1.29 is 8.78 Å². The molecule has 100 valence electrons. The van der Waals surface area contributed by atoms with Crippen LogP contribution < -0.4 is 5.73 Å². The van der Waals surface area contributed by atoms with E-state index < -0.39 is 17.0 Å². The lowest BCUT2D eigenvalue weighted by Crippen LogP contribution is -2.36. The Bertz CT molecular complexity index is 537. The number of halogens is 2. The molecule has 1 aromatic carbocycles. The first-order valence-corrected chi connectivity index (χ1v) is 6.10. The van der Waals surface area contributed by atoms with Crippen molar-refractivity contribution in [3.63, 3.8) is 0 Å². The molecule has 0 radical (unpaired) electrons. The van der Waals surface area contributed by atoms with E-state index in [0.29, 0.717) is 6.42 Å². The lowest BCUT2D eigenvalue weighted by Gasteiger charge is -2.29. The van der Waals surface area contributed by atoms with E-state index in [0.717, 1.165) is 5.56 Å². The maximum Gasteiger partial charge on any atom is 0.129 e. The SMILES string of the molecule is CC(CN)(Cc1cccnc1)c1c(F)cccc1F. The highest BCUT2D eigenvalue weighted by atomic mass is 19.1. The fourth-order valence-electron chi connectivity index (χ4n) is 2.29. The highest BCUT2D eigenvalue weighted by Crippen LogP contribution is 2.31. The third-order valence-electron chi connectivity index (χ3n) is 3.33. The summed E-state index contributed by atoms with van der Waals surface area (Å²) in [6.45, 7) is 1.92. The molecule has 1 unspecified atom stereocenters. The van der Waals surface area contributed by atoms with Crippen molar-refractivity contribution in [2.24, 2.45) is 5.73 Å². The van der Waals surface area contributed by atoms with Crippen molar-refractivity contribution in [2.45, 2.75) is 18.8 Å². The van der Waals surface area contributed by atoms with Gasteiger partial charge in [0.15, 0.2) is 0 Å². The van der Waals surface area contributed by atoms with Gasteiger partial charge < -0.3 is 5.73 Å². The highest BCUT2D eigenvalue weighted by molar-refractivity contribution is 5.31. The monoisotopic (exact) mass is 262 g/mol. The minimum atomic E-state index is -0.793. The molecule has 0 saturated carbocycles. The Morgan fingerprint density at radius 2 is 1.84 bits per heavy atom. The Morgan fingerprint density at radius 1 is 1.16 bits per heavy atom. The van der Waals surface area contributed by atoms with E-state index >= 15 is 0 Å². The molecule has 0 aliphatic rings. The average Bonchev–Trinajstić information content (AvgIpc) is 2.39. The number of aromatic nitrogens is 1. The Hall–Kier alpha value is -1.81. The van der Waals surface area contributed by atoms with E-state index in [1.807, 2.05) is 6.07 Å². The van der Waals surface area contributed by atoms with Gasteiger partial charge in [-0.05, 0) is 30.2 Å². The molecule has 0 aliphatic heterocycles. The second-order valence-electron chi connectivity index (χ2n) is 4.90. The van der Waals surface area contributed by atoms with Crippen molar-refractivity contribution in [2.75, 3.05) is 6.54 Å². The summed E-state index contributed by atoms with van der Waals surface area (Å²) in [6, 6.07) is 7.55. The molecule has 2 rings (SSSR count). The molecule has 0 saturated heterocycles. The molecule has 0 fully saturated rings. The largest absolute Gasteiger partial charge is 0.330 e. The zero-order valence-corrected chi connectivity index (χ0v) is 10.7. The van der Waals surface area contributed by atoms with Crippen molar-refractivity contribution in [1.29, 1.82) is 0 Å². The van der Waals surface area contributed by atoms with E-state index in [9.17, 15) is 8.78 Å². The van der Waals surface area contributed by atoms with Gasteiger partial charge in [0.1, 0.15) is 11.6 Å². The zero-order valence-electron chi connectivity index (χ0n) is 10.7. The van der Waals surface area contributed by atoms with Crippen LogP contribution in [0.2, 0.25) is 0 Å². The number of rotatable bonds is 4. The lowest BCUT2D eigenvalue weighted by molar-refractivity contribution is 0.419. The van der Waals surface area contributed by atoms with Crippen molar-refractivity contribution in [3.8, 4) is 0 Å². The molecule has 2 nitrogen and oxygen atoms in total. The quantitative estimate of drug-likeness (QED) is 0.920. The van der Waals surface area contributed by atoms with E-state index in [1.54, 1.807) is 25.4 Å². The van der Waals surface area contributed by atoms with E-state index in [4.69, 9.17) is 5.73 Å². The maximum atomic E-state index is 13.9. The molecule has 1 atom stereocenters. The predicted molar refractivity (Wildman–Crippen MR) is 70.7 cm³/mol. The van der Waals surface area contributed by atoms with Gasteiger partial charge in [-0.15, -0.1) is 0 Å². The lowest BCUT2D eigenvalue weighted by atomic mass is 9.77. The highest BCUT2D eigenvalue weighted by Gasteiger charge is 2.31. The number of pyridine rings is 1. The van der Waals surface area contributed by atoms with Crippen LogP contribution in [-0.2, 0) is 11.8 Å². The van der Waals surface area contributed by atoms with Crippen LogP contribution in [0.15, 0.2) is 42.7 Å². The molecule has 4 heteroatoms. The van der Waals surface area contributed by atoms with Crippen molar-refractivity contribution in [1.82, 2.24) is 4.98 Å². The van der Waals surface area contributed by atoms with Gasteiger partial charge in [0.05, 0.1) is 0 Å². The molecule has 0 amide bonds. The van der Waals surface area contributed by atoms with Gasteiger partial charge in [-0.3, -0.25) is 4.98 Å². The number of nitrogens with zero attached hydrogens (tertiary/aromatic N) is 1. The molecular weight excluding hydrogens is 246 g/mol. The second kappa shape index (κ2) is 5.45. The summed E-state index contributed by atoms with van der Waals surface area (Å²) in [6.07, 6.45) is 3.79. The Labute approximate surface area is 111 Å². The second-order valence-corrected chi connectivity index (χ2v) is 4.90. The minimum absolute atomic E-state index is 0.0429. The van der Waals surface area contributed by atoms with Crippen LogP contribution in [0.25, 0.3) is 0 Å². The zero-order chi connectivity index (χ0) is 13.9. The first-order chi connectivity index (χ1) is 9.07. The number of nitrogens with two attached hydrogens (primary N) is 1. The third kappa shape index (κ3) is 2.79. The van der Waals surface area contributed by atoms with Gasteiger partial charge >= 0.3 is 0 Å². The molecule has 19 heavy (non-hydrogen) atoms. The van der Waals surface area contributed by atoms with Crippen LogP contribution in [0.5, 0.6) is 0 Å².